The van der Waals surface area contributed by atoms with Crippen LogP contribution in [0.5, 0.6) is 0 Å². The van der Waals surface area contributed by atoms with E-state index in [4.69, 9.17) is 4.74 Å². The first kappa shape index (κ1) is 20.6. The number of nitriles is 1. The van der Waals surface area contributed by atoms with Crippen LogP contribution in [0.2, 0.25) is 0 Å². The summed E-state index contributed by atoms with van der Waals surface area (Å²) in [5.41, 5.74) is 0.215. The third-order valence-corrected chi connectivity index (χ3v) is 8.23. The van der Waals surface area contributed by atoms with Crippen LogP contribution in [-0.4, -0.2) is 40.1 Å². The molecule has 30 heavy (non-hydrogen) atoms. The quantitative estimate of drug-likeness (QED) is 0.643. The maximum absolute atomic E-state index is 13.2. The van der Waals surface area contributed by atoms with E-state index >= 15 is 0 Å². The van der Waals surface area contributed by atoms with E-state index < -0.39 is 20.0 Å². The van der Waals surface area contributed by atoms with Crippen molar-refractivity contribution in [3.8, 4) is 6.07 Å². The lowest BCUT2D eigenvalue weighted by atomic mass is 10.1. The number of sulfonamides is 1. The van der Waals surface area contributed by atoms with E-state index in [2.05, 4.69) is 4.72 Å². The van der Waals surface area contributed by atoms with Crippen molar-refractivity contribution in [1.82, 2.24) is 8.69 Å². The van der Waals surface area contributed by atoms with Gasteiger partial charge in [-0.15, -0.1) is 0 Å². The Balaban J connectivity index is 1.92. The molecule has 0 atom stereocenters. The molecule has 2 heterocycles. The number of hydrogen-bond acceptors (Lipinski definition) is 6. The van der Waals surface area contributed by atoms with Crippen molar-refractivity contribution in [2.24, 2.45) is 0 Å². The predicted molar refractivity (Wildman–Crippen MR) is 110 cm³/mol. The second kappa shape index (κ2) is 7.85. The van der Waals surface area contributed by atoms with Crippen molar-refractivity contribution < 1.29 is 21.6 Å². The van der Waals surface area contributed by atoms with Gasteiger partial charge in [0.2, 0.25) is 10.0 Å². The van der Waals surface area contributed by atoms with E-state index in [-0.39, 0.29) is 32.3 Å². The van der Waals surface area contributed by atoms with E-state index in [1.54, 1.807) is 18.2 Å². The molecule has 3 aromatic rings. The Labute approximate surface area is 174 Å². The van der Waals surface area contributed by atoms with Crippen molar-refractivity contribution in [3.05, 3.63) is 60.3 Å². The van der Waals surface area contributed by atoms with Crippen LogP contribution in [-0.2, 0) is 24.8 Å². The van der Waals surface area contributed by atoms with Crippen LogP contribution >= 0.6 is 0 Å². The number of nitrogens with one attached hydrogen (secondary N) is 1. The predicted octanol–water partition coefficient (Wildman–Crippen LogP) is 2.21. The van der Waals surface area contributed by atoms with Crippen molar-refractivity contribution in [2.45, 2.75) is 28.7 Å². The van der Waals surface area contributed by atoms with Crippen molar-refractivity contribution >= 4 is 30.9 Å². The molecule has 0 unspecified atom stereocenters. The fourth-order valence-corrected chi connectivity index (χ4v) is 6.50. The summed E-state index contributed by atoms with van der Waals surface area (Å²) in [5.74, 6) is 0. The first-order valence-corrected chi connectivity index (χ1v) is 12.2. The molecule has 0 aliphatic carbocycles. The van der Waals surface area contributed by atoms with Gasteiger partial charge in [0.15, 0.2) is 0 Å². The number of rotatable bonds is 5. The number of aromatic nitrogens is 1. The molecule has 1 saturated heterocycles. The molecule has 10 heteroatoms. The molecule has 0 bridgehead atoms. The number of benzene rings is 2. The van der Waals surface area contributed by atoms with Crippen LogP contribution in [0.4, 0.5) is 0 Å². The molecule has 4 rings (SSSR count). The molecule has 1 N–H and O–H groups in total. The van der Waals surface area contributed by atoms with Crippen LogP contribution in [0.1, 0.15) is 18.4 Å². The fraction of sp³-hybridized carbons (Fsp3) is 0.250. The van der Waals surface area contributed by atoms with E-state index in [1.807, 2.05) is 6.07 Å². The molecule has 0 spiro atoms. The largest absolute Gasteiger partial charge is 0.381 e. The summed E-state index contributed by atoms with van der Waals surface area (Å²) in [7, 11) is -8.15. The Hall–Kier alpha value is -2.71. The van der Waals surface area contributed by atoms with Crippen LogP contribution in [0.15, 0.2) is 64.5 Å². The van der Waals surface area contributed by atoms with Gasteiger partial charge in [0.25, 0.3) is 10.0 Å². The molecular weight excluding hydrogens is 426 g/mol. The third kappa shape index (κ3) is 3.61. The Kier molecular flexibility index (Phi) is 5.38. The van der Waals surface area contributed by atoms with Crippen molar-refractivity contribution in [1.29, 1.82) is 5.26 Å². The van der Waals surface area contributed by atoms with Gasteiger partial charge in [0.1, 0.15) is 4.90 Å². The Morgan fingerprint density at radius 3 is 2.37 bits per heavy atom. The Morgan fingerprint density at radius 1 is 1.00 bits per heavy atom. The molecular formula is C20H19N3O5S2. The Bertz CT molecular complexity index is 1330. The molecule has 0 saturated carbocycles. The second-order valence-electron chi connectivity index (χ2n) is 6.93. The average molecular weight is 446 g/mol. The third-order valence-electron chi connectivity index (χ3n) is 5.01. The van der Waals surface area contributed by atoms with Gasteiger partial charge >= 0.3 is 0 Å². The summed E-state index contributed by atoms with van der Waals surface area (Å²) in [6.07, 6.45) is 2.12. The molecule has 8 nitrogen and oxygen atoms in total. The topological polar surface area (TPSA) is 118 Å². The van der Waals surface area contributed by atoms with Crippen LogP contribution < -0.4 is 4.72 Å². The van der Waals surface area contributed by atoms with Gasteiger partial charge in [0, 0.05) is 30.8 Å². The minimum absolute atomic E-state index is 0.0191. The van der Waals surface area contributed by atoms with Gasteiger partial charge in [-0.2, -0.15) is 5.26 Å². The summed E-state index contributed by atoms with van der Waals surface area (Å²) >= 11 is 0. The number of ether oxygens (including phenoxy) is 1. The van der Waals surface area contributed by atoms with E-state index in [9.17, 15) is 22.1 Å². The number of hydrogen-bond donors (Lipinski definition) is 1. The first-order valence-electron chi connectivity index (χ1n) is 9.29. The lowest BCUT2D eigenvalue weighted by Crippen LogP contribution is -2.38. The first-order chi connectivity index (χ1) is 14.3. The zero-order chi connectivity index (χ0) is 21.4. The maximum atomic E-state index is 13.2. The van der Waals surface area contributed by atoms with Crippen LogP contribution in [0.3, 0.4) is 0 Å². The van der Waals surface area contributed by atoms with E-state index in [1.165, 1.54) is 30.3 Å². The van der Waals surface area contributed by atoms with Gasteiger partial charge in [-0.25, -0.2) is 25.5 Å². The SMILES string of the molecule is N#Cc1cccc2c1c(S(=O)(=O)NC1CCOCC1)cn2S(=O)(=O)c1ccccc1. The molecule has 0 radical (unpaired) electrons. The minimum Gasteiger partial charge on any atom is -0.381 e. The molecule has 0 amide bonds. The van der Waals surface area contributed by atoms with Crippen LogP contribution in [0, 0.1) is 11.3 Å². The van der Waals surface area contributed by atoms with Gasteiger partial charge in [0.05, 0.1) is 22.0 Å². The average Bonchev–Trinajstić information content (AvgIpc) is 3.16. The number of nitrogens with zero attached hydrogens (tertiary/aromatic N) is 2. The summed E-state index contributed by atoms with van der Waals surface area (Å²) < 4.78 is 61.7. The van der Waals surface area contributed by atoms with Gasteiger partial charge in [-0.05, 0) is 37.1 Å². The fourth-order valence-electron chi connectivity index (χ4n) is 3.52. The highest BCUT2D eigenvalue weighted by molar-refractivity contribution is 7.91. The van der Waals surface area contributed by atoms with Gasteiger partial charge < -0.3 is 4.74 Å². The van der Waals surface area contributed by atoms with Crippen molar-refractivity contribution in [2.75, 3.05) is 13.2 Å². The summed E-state index contributed by atoms with van der Waals surface area (Å²) in [4.78, 5) is -0.216. The van der Waals surface area contributed by atoms with Crippen molar-refractivity contribution in [3.63, 3.8) is 0 Å². The summed E-state index contributed by atoms with van der Waals surface area (Å²) in [5, 5.41) is 9.62. The highest BCUT2D eigenvalue weighted by Gasteiger charge is 2.30. The summed E-state index contributed by atoms with van der Waals surface area (Å²) in [6.45, 7) is 0.890. The van der Waals surface area contributed by atoms with Gasteiger partial charge in [-0.1, -0.05) is 24.3 Å². The molecule has 1 aliphatic heterocycles. The van der Waals surface area contributed by atoms with Crippen LogP contribution in [0.25, 0.3) is 10.9 Å². The molecule has 1 aromatic heterocycles. The zero-order valence-corrected chi connectivity index (χ0v) is 17.5. The Morgan fingerprint density at radius 2 is 1.70 bits per heavy atom. The second-order valence-corrected chi connectivity index (χ2v) is 10.4. The molecule has 2 aromatic carbocycles. The highest BCUT2D eigenvalue weighted by atomic mass is 32.2. The van der Waals surface area contributed by atoms with E-state index in [0.717, 1.165) is 10.2 Å². The maximum Gasteiger partial charge on any atom is 0.268 e. The van der Waals surface area contributed by atoms with Gasteiger partial charge in [-0.3, -0.25) is 0 Å². The molecule has 1 fully saturated rings. The lowest BCUT2D eigenvalue weighted by Gasteiger charge is -2.22. The smallest absolute Gasteiger partial charge is 0.268 e. The highest BCUT2D eigenvalue weighted by Crippen LogP contribution is 2.31. The monoisotopic (exact) mass is 445 g/mol. The zero-order valence-electron chi connectivity index (χ0n) is 15.9. The lowest BCUT2D eigenvalue weighted by molar-refractivity contribution is 0.0832. The number of fused-ring (bicyclic) bond motifs is 1. The normalized spacial score (nSPS) is 15.8. The molecule has 1 aliphatic rings. The minimum atomic E-state index is -4.08. The standard InChI is InChI=1S/C20H19N3O5S2/c21-13-15-5-4-8-18-20(15)19(29(24,25)22-16-9-11-28-12-10-16)14-23(18)30(26,27)17-6-2-1-3-7-17/h1-8,14,16,22H,9-12H2. The van der Waals surface area contributed by atoms with E-state index in [0.29, 0.717) is 26.1 Å². The molecule has 156 valence electrons. The summed E-state index contributed by atoms with van der Waals surface area (Å²) in [6, 6.07) is 13.9.